The predicted octanol–water partition coefficient (Wildman–Crippen LogP) is 5.08. The number of H-pyrrole nitrogens is 1. The summed E-state index contributed by atoms with van der Waals surface area (Å²) in [4.78, 5) is 3.71. The fraction of sp³-hybridized carbons (Fsp3) is 0.364. The minimum atomic E-state index is 0.667. The number of aryl methyl sites for hydroxylation is 2. The lowest BCUT2D eigenvalue weighted by atomic mass is 9.98. The summed E-state index contributed by atoms with van der Waals surface area (Å²) < 4.78 is 5.88. The van der Waals surface area contributed by atoms with Crippen LogP contribution in [0.25, 0.3) is 22.2 Å². The number of aromatic amines is 1. The van der Waals surface area contributed by atoms with Gasteiger partial charge in [-0.15, -0.1) is 0 Å². The number of rotatable bonds is 8. The second-order valence-corrected chi connectivity index (χ2v) is 6.35. The molecule has 2 aromatic carbocycles. The Morgan fingerprint density at radius 2 is 1.84 bits per heavy atom. The molecule has 0 aliphatic rings. The Labute approximate surface area is 150 Å². The molecule has 1 heterocycles. The molecule has 25 heavy (non-hydrogen) atoms. The minimum Gasteiger partial charge on any atom is -0.493 e. The van der Waals surface area contributed by atoms with Crippen LogP contribution in [-0.2, 0) is 12.8 Å². The van der Waals surface area contributed by atoms with Crippen LogP contribution in [0, 0.1) is 0 Å². The fourth-order valence-corrected chi connectivity index (χ4v) is 3.52. The van der Waals surface area contributed by atoms with Crippen LogP contribution in [0.15, 0.2) is 42.5 Å². The van der Waals surface area contributed by atoms with Crippen molar-refractivity contribution in [3.63, 3.8) is 0 Å². The van der Waals surface area contributed by atoms with Crippen molar-refractivity contribution < 1.29 is 4.74 Å². The standard InChI is InChI=1S/C22H28N2O/c1-3-16-10-9-13-17-18(11-7-8-15-23)22(24-21(16)17)19-12-5-6-14-20(19)25-4-2/h5-6,9-10,12-14,24H,3-4,7-8,11,15,23H2,1-2H3. The Hall–Kier alpha value is -2.26. The third-order valence-electron chi connectivity index (χ3n) is 4.75. The van der Waals surface area contributed by atoms with Crippen molar-refractivity contribution in [2.24, 2.45) is 5.73 Å². The third kappa shape index (κ3) is 3.57. The number of nitrogens with one attached hydrogen (secondary N) is 1. The highest BCUT2D eigenvalue weighted by Gasteiger charge is 2.17. The Morgan fingerprint density at radius 1 is 1.00 bits per heavy atom. The van der Waals surface area contributed by atoms with Crippen molar-refractivity contribution in [1.29, 1.82) is 0 Å². The number of hydrogen-bond donors (Lipinski definition) is 2. The van der Waals surface area contributed by atoms with E-state index in [1.807, 2.05) is 13.0 Å². The Bertz CT molecular complexity index is 835. The summed E-state index contributed by atoms with van der Waals surface area (Å²) in [5.41, 5.74) is 12.0. The number of nitrogens with two attached hydrogens (primary N) is 1. The summed E-state index contributed by atoms with van der Waals surface area (Å²) in [5, 5.41) is 1.33. The molecule has 0 unspecified atom stereocenters. The van der Waals surface area contributed by atoms with Gasteiger partial charge in [-0.05, 0) is 62.4 Å². The van der Waals surface area contributed by atoms with Gasteiger partial charge in [-0.2, -0.15) is 0 Å². The second-order valence-electron chi connectivity index (χ2n) is 6.35. The molecule has 0 saturated heterocycles. The van der Waals surface area contributed by atoms with Gasteiger partial charge in [0.1, 0.15) is 5.75 Å². The number of fused-ring (bicyclic) bond motifs is 1. The number of para-hydroxylation sites is 2. The van der Waals surface area contributed by atoms with E-state index in [0.717, 1.165) is 43.5 Å². The quantitative estimate of drug-likeness (QED) is 0.564. The van der Waals surface area contributed by atoms with E-state index in [4.69, 9.17) is 10.5 Å². The molecule has 1 aromatic heterocycles. The summed E-state index contributed by atoms with van der Waals surface area (Å²) in [6.45, 7) is 5.64. The lowest BCUT2D eigenvalue weighted by Crippen LogP contribution is -2.00. The van der Waals surface area contributed by atoms with E-state index in [2.05, 4.69) is 48.3 Å². The summed E-state index contributed by atoms with van der Waals surface area (Å²) in [5.74, 6) is 0.940. The molecule has 3 nitrogen and oxygen atoms in total. The first-order valence-electron chi connectivity index (χ1n) is 9.34. The van der Waals surface area contributed by atoms with Crippen molar-refractivity contribution in [3.05, 3.63) is 53.6 Å². The first-order chi connectivity index (χ1) is 12.3. The molecule has 0 radical (unpaired) electrons. The summed E-state index contributed by atoms with van der Waals surface area (Å²) in [6, 6.07) is 14.9. The molecule has 0 atom stereocenters. The second kappa shape index (κ2) is 8.21. The number of unbranched alkanes of at least 4 members (excludes halogenated alkanes) is 1. The van der Waals surface area contributed by atoms with Crippen LogP contribution < -0.4 is 10.5 Å². The largest absolute Gasteiger partial charge is 0.493 e. The minimum absolute atomic E-state index is 0.667. The van der Waals surface area contributed by atoms with Crippen molar-refractivity contribution in [3.8, 4) is 17.0 Å². The highest BCUT2D eigenvalue weighted by Crippen LogP contribution is 2.37. The van der Waals surface area contributed by atoms with Crippen LogP contribution in [0.4, 0.5) is 0 Å². The maximum absolute atomic E-state index is 5.88. The summed E-state index contributed by atoms with van der Waals surface area (Å²) in [7, 11) is 0. The topological polar surface area (TPSA) is 51.0 Å². The van der Waals surface area contributed by atoms with Gasteiger partial charge in [-0.3, -0.25) is 0 Å². The van der Waals surface area contributed by atoms with Crippen LogP contribution in [0.1, 0.15) is 37.8 Å². The summed E-state index contributed by atoms with van der Waals surface area (Å²) in [6.07, 6.45) is 4.20. The number of ether oxygens (including phenoxy) is 1. The SMILES string of the molecule is CCOc1ccccc1-c1[nH]c2c(CC)cccc2c1CCCCN. The number of benzene rings is 2. The first-order valence-corrected chi connectivity index (χ1v) is 9.34. The molecule has 3 heteroatoms. The van der Waals surface area contributed by atoms with Crippen LogP contribution in [0.2, 0.25) is 0 Å². The highest BCUT2D eigenvalue weighted by atomic mass is 16.5. The van der Waals surface area contributed by atoms with E-state index in [1.165, 1.54) is 27.7 Å². The Morgan fingerprint density at radius 3 is 2.60 bits per heavy atom. The zero-order chi connectivity index (χ0) is 17.6. The molecule has 3 aromatic rings. The molecular formula is C22H28N2O. The fourth-order valence-electron chi connectivity index (χ4n) is 3.52. The number of hydrogen-bond acceptors (Lipinski definition) is 2. The van der Waals surface area contributed by atoms with Gasteiger partial charge in [-0.1, -0.05) is 37.3 Å². The van der Waals surface area contributed by atoms with Gasteiger partial charge in [0, 0.05) is 16.5 Å². The van der Waals surface area contributed by atoms with Gasteiger partial charge >= 0.3 is 0 Å². The van der Waals surface area contributed by atoms with Gasteiger partial charge in [0.25, 0.3) is 0 Å². The lowest BCUT2D eigenvalue weighted by Gasteiger charge is -2.11. The highest BCUT2D eigenvalue weighted by molar-refractivity contribution is 5.93. The molecule has 132 valence electrons. The maximum atomic E-state index is 5.88. The van der Waals surface area contributed by atoms with Crippen molar-refractivity contribution in [2.45, 2.75) is 39.5 Å². The zero-order valence-corrected chi connectivity index (χ0v) is 15.3. The zero-order valence-electron chi connectivity index (χ0n) is 15.3. The molecule has 0 amide bonds. The monoisotopic (exact) mass is 336 g/mol. The van der Waals surface area contributed by atoms with Crippen LogP contribution in [-0.4, -0.2) is 18.1 Å². The molecule has 0 bridgehead atoms. The number of aromatic nitrogens is 1. The smallest absolute Gasteiger partial charge is 0.128 e. The van der Waals surface area contributed by atoms with Crippen LogP contribution >= 0.6 is 0 Å². The van der Waals surface area contributed by atoms with E-state index in [9.17, 15) is 0 Å². The summed E-state index contributed by atoms with van der Waals surface area (Å²) >= 11 is 0. The van der Waals surface area contributed by atoms with Crippen molar-refractivity contribution in [1.82, 2.24) is 4.98 Å². The Balaban J connectivity index is 2.17. The molecule has 0 saturated carbocycles. The van der Waals surface area contributed by atoms with E-state index in [-0.39, 0.29) is 0 Å². The Kier molecular flexibility index (Phi) is 5.77. The van der Waals surface area contributed by atoms with Gasteiger partial charge < -0.3 is 15.5 Å². The lowest BCUT2D eigenvalue weighted by molar-refractivity contribution is 0.341. The van der Waals surface area contributed by atoms with E-state index >= 15 is 0 Å². The van der Waals surface area contributed by atoms with Crippen LogP contribution in [0.5, 0.6) is 5.75 Å². The predicted molar refractivity (Wildman–Crippen MR) is 106 cm³/mol. The normalized spacial score (nSPS) is 11.2. The van der Waals surface area contributed by atoms with E-state index < -0.39 is 0 Å². The van der Waals surface area contributed by atoms with Crippen molar-refractivity contribution in [2.75, 3.05) is 13.2 Å². The van der Waals surface area contributed by atoms with Crippen LogP contribution in [0.3, 0.4) is 0 Å². The molecule has 0 spiro atoms. The van der Waals surface area contributed by atoms with Gasteiger partial charge in [0.15, 0.2) is 0 Å². The van der Waals surface area contributed by atoms with E-state index in [1.54, 1.807) is 0 Å². The maximum Gasteiger partial charge on any atom is 0.128 e. The average molecular weight is 336 g/mol. The molecule has 0 fully saturated rings. The van der Waals surface area contributed by atoms with E-state index in [0.29, 0.717) is 6.61 Å². The molecule has 3 N–H and O–H groups in total. The third-order valence-corrected chi connectivity index (χ3v) is 4.75. The molecule has 3 rings (SSSR count). The average Bonchev–Trinajstić information content (AvgIpc) is 3.01. The van der Waals surface area contributed by atoms with Gasteiger partial charge in [0.2, 0.25) is 0 Å². The van der Waals surface area contributed by atoms with Gasteiger partial charge in [-0.25, -0.2) is 0 Å². The molecule has 0 aliphatic heterocycles. The van der Waals surface area contributed by atoms with Gasteiger partial charge in [0.05, 0.1) is 12.3 Å². The molecular weight excluding hydrogens is 308 g/mol. The first kappa shape index (κ1) is 17.6. The molecule has 0 aliphatic carbocycles. The van der Waals surface area contributed by atoms with Crippen molar-refractivity contribution >= 4 is 10.9 Å².